The number of ether oxygens (including phenoxy) is 1. The van der Waals surface area contributed by atoms with Gasteiger partial charge in [-0.25, -0.2) is 0 Å². The Morgan fingerprint density at radius 1 is 1.37 bits per heavy atom. The Kier molecular flexibility index (Phi) is 4.66. The molecule has 0 spiro atoms. The first-order valence-electron chi connectivity index (χ1n) is 6.27. The zero-order valence-corrected chi connectivity index (χ0v) is 13.0. The van der Waals surface area contributed by atoms with Gasteiger partial charge in [-0.3, -0.25) is 0 Å². The molecule has 1 unspecified atom stereocenters. The molecule has 0 radical (unpaired) electrons. The summed E-state index contributed by atoms with van der Waals surface area (Å²) in [6, 6.07) is 8.14. The summed E-state index contributed by atoms with van der Waals surface area (Å²) in [6.07, 6.45) is 1.79. The first kappa shape index (κ1) is 14.2. The fraction of sp³-hybridized carbons (Fsp3) is 0.333. The van der Waals surface area contributed by atoms with Gasteiger partial charge in [0.1, 0.15) is 11.5 Å². The normalized spacial score (nSPS) is 12.4. The fourth-order valence-corrected chi connectivity index (χ4v) is 2.54. The summed E-state index contributed by atoms with van der Waals surface area (Å²) in [5.74, 6) is 1.78. The van der Waals surface area contributed by atoms with Crippen molar-refractivity contribution in [1.29, 1.82) is 0 Å². The van der Waals surface area contributed by atoms with E-state index >= 15 is 0 Å². The number of furan rings is 1. The van der Waals surface area contributed by atoms with Gasteiger partial charge in [-0.1, -0.05) is 22.9 Å². The van der Waals surface area contributed by atoms with E-state index in [4.69, 9.17) is 9.15 Å². The zero-order valence-electron chi connectivity index (χ0n) is 11.4. The van der Waals surface area contributed by atoms with Gasteiger partial charge in [0.15, 0.2) is 0 Å². The first-order valence-corrected chi connectivity index (χ1v) is 7.06. The van der Waals surface area contributed by atoms with E-state index in [0.717, 1.165) is 33.7 Å². The maximum atomic E-state index is 5.46. The van der Waals surface area contributed by atoms with Crippen molar-refractivity contribution < 1.29 is 9.15 Å². The van der Waals surface area contributed by atoms with Crippen LogP contribution >= 0.6 is 15.9 Å². The molecule has 1 aromatic heterocycles. The van der Waals surface area contributed by atoms with Crippen molar-refractivity contribution >= 4 is 15.9 Å². The SMILES string of the molecule is CCNC(c1coc(C)c1)c1cc(Br)ccc1OC. The smallest absolute Gasteiger partial charge is 0.124 e. The molecule has 3 nitrogen and oxygen atoms in total. The Morgan fingerprint density at radius 2 is 2.16 bits per heavy atom. The Balaban J connectivity index is 2.46. The van der Waals surface area contributed by atoms with Crippen LogP contribution < -0.4 is 10.1 Å². The molecule has 2 rings (SSSR count). The lowest BCUT2D eigenvalue weighted by atomic mass is 10.00. The summed E-state index contributed by atoms with van der Waals surface area (Å²) in [7, 11) is 1.69. The molecule has 0 aliphatic carbocycles. The Bertz CT molecular complexity index is 551. The molecule has 1 aromatic carbocycles. The predicted octanol–water partition coefficient (Wildman–Crippen LogP) is 4.06. The number of hydrogen-bond acceptors (Lipinski definition) is 3. The van der Waals surface area contributed by atoms with Crippen molar-refractivity contribution in [3.63, 3.8) is 0 Å². The topological polar surface area (TPSA) is 34.4 Å². The highest BCUT2D eigenvalue weighted by Crippen LogP contribution is 2.33. The molecule has 1 heterocycles. The highest BCUT2D eigenvalue weighted by atomic mass is 79.9. The van der Waals surface area contributed by atoms with E-state index in [1.807, 2.05) is 25.1 Å². The third-order valence-electron chi connectivity index (χ3n) is 3.00. The standard InChI is InChI=1S/C15H18BrNO2/c1-4-17-15(11-7-10(2)19-9-11)13-8-12(16)5-6-14(13)18-3/h5-9,15,17H,4H2,1-3H3. The number of rotatable bonds is 5. The molecule has 0 aliphatic heterocycles. The number of methoxy groups -OCH3 is 1. The maximum absolute atomic E-state index is 5.46. The number of halogens is 1. The number of benzene rings is 1. The van der Waals surface area contributed by atoms with Crippen LogP contribution in [0.5, 0.6) is 5.75 Å². The van der Waals surface area contributed by atoms with E-state index in [9.17, 15) is 0 Å². The lowest BCUT2D eigenvalue weighted by molar-refractivity contribution is 0.404. The van der Waals surface area contributed by atoms with Crippen molar-refractivity contribution in [2.45, 2.75) is 19.9 Å². The average Bonchev–Trinajstić information content (AvgIpc) is 2.82. The minimum atomic E-state index is 0.0647. The number of aryl methyl sites for hydroxylation is 1. The average molecular weight is 324 g/mol. The zero-order chi connectivity index (χ0) is 13.8. The van der Waals surface area contributed by atoms with Crippen molar-refractivity contribution in [3.8, 4) is 5.75 Å². The Morgan fingerprint density at radius 3 is 2.74 bits per heavy atom. The Labute approximate surface area is 122 Å². The molecule has 0 bridgehead atoms. The molecular formula is C15H18BrNO2. The van der Waals surface area contributed by atoms with Crippen molar-refractivity contribution in [2.75, 3.05) is 13.7 Å². The monoisotopic (exact) mass is 323 g/mol. The maximum Gasteiger partial charge on any atom is 0.124 e. The quantitative estimate of drug-likeness (QED) is 0.901. The second kappa shape index (κ2) is 6.26. The van der Waals surface area contributed by atoms with Crippen LogP contribution in [0.2, 0.25) is 0 Å². The van der Waals surface area contributed by atoms with E-state index in [0.29, 0.717) is 0 Å². The summed E-state index contributed by atoms with van der Waals surface area (Å²) in [4.78, 5) is 0. The first-order chi connectivity index (χ1) is 9.15. The van der Waals surface area contributed by atoms with Gasteiger partial charge in [-0.05, 0) is 37.7 Å². The van der Waals surface area contributed by atoms with Gasteiger partial charge < -0.3 is 14.5 Å². The summed E-state index contributed by atoms with van der Waals surface area (Å²) < 4.78 is 11.9. The molecule has 0 amide bonds. The van der Waals surface area contributed by atoms with E-state index in [1.54, 1.807) is 13.4 Å². The van der Waals surface area contributed by atoms with E-state index in [-0.39, 0.29) is 6.04 Å². The van der Waals surface area contributed by atoms with E-state index in [2.05, 4.69) is 34.2 Å². The molecule has 102 valence electrons. The van der Waals surface area contributed by atoms with Crippen LogP contribution in [0.15, 0.2) is 39.4 Å². The minimum absolute atomic E-state index is 0.0647. The predicted molar refractivity (Wildman–Crippen MR) is 79.7 cm³/mol. The second-order valence-electron chi connectivity index (χ2n) is 4.37. The van der Waals surface area contributed by atoms with Crippen LogP contribution in [0.4, 0.5) is 0 Å². The molecule has 1 atom stereocenters. The molecule has 0 saturated heterocycles. The van der Waals surface area contributed by atoms with Crippen molar-refractivity contribution in [3.05, 3.63) is 51.9 Å². The third-order valence-corrected chi connectivity index (χ3v) is 3.49. The minimum Gasteiger partial charge on any atom is -0.496 e. The summed E-state index contributed by atoms with van der Waals surface area (Å²) in [6.45, 7) is 4.90. The Hall–Kier alpha value is -1.26. The van der Waals surface area contributed by atoms with E-state index in [1.165, 1.54) is 0 Å². The van der Waals surface area contributed by atoms with Crippen molar-refractivity contribution in [2.24, 2.45) is 0 Å². The van der Waals surface area contributed by atoms with Gasteiger partial charge in [0.2, 0.25) is 0 Å². The summed E-state index contributed by atoms with van der Waals surface area (Å²) in [5.41, 5.74) is 2.20. The van der Waals surface area contributed by atoms with Gasteiger partial charge in [0, 0.05) is 15.6 Å². The number of hydrogen-bond donors (Lipinski definition) is 1. The molecule has 4 heteroatoms. The molecule has 19 heavy (non-hydrogen) atoms. The number of nitrogens with one attached hydrogen (secondary N) is 1. The van der Waals surface area contributed by atoms with Gasteiger partial charge in [0.25, 0.3) is 0 Å². The van der Waals surface area contributed by atoms with Gasteiger partial charge in [-0.15, -0.1) is 0 Å². The third kappa shape index (κ3) is 3.19. The van der Waals surface area contributed by atoms with Crippen LogP contribution in [0, 0.1) is 6.92 Å². The summed E-state index contributed by atoms with van der Waals surface area (Å²) in [5, 5.41) is 3.47. The molecule has 0 fully saturated rings. The van der Waals surface area contributed by atoms with Crippen LogP contribution in [0.3, 0.4) is 0 Å². The highest BCUT2D eigenvalue weighted by Gasteiger charge is 2.19. The van der Waals surface area contributed by atoms with Crippen LogP contribution in [0.25, 0.3) is 0 Å². The molecule has 1 N–H and O–H groups in total. The highest BCUT2D eigenvalue weighted by molar-refractivity contribution is 9.10. The molecular weight excluding hydrogens is 306 g/mol. The van der Waals surface area contributed by atoms with Gasteiger partial charge in [0.05, 0.1) is 19.4 Å². The fourth-order valence-electron chi connectivity index (χ4n) is 2.16. The lowest BCUT2D eigenvalue weighted by Gasteiger charge is -2.20. The van der Waals surface area contributed by atoms with E-state index < -0.39 is 0 Å². The van der Waals surface area contributed by atoms with Crippen molar-refractivity contribution in [1.82, 2.24) is 5.32 Å². The van der Waals surface area contributed by atoms with Crippen LogP contribution in [-0.2, 0) is 0 Å². The largest absolute Gasteiger partial charge is 0.496 e. The molecule has 0 saturated carbocycles. The molecule has 2 aromatic rings. The summed E-state index contributed by atoms with van der Waals surface area (Å²) >= 11 is 3.52. The lowest BCUT2D eigenvalue weighted by Crippen LogP contribution is -2.22. The second-order valence-corrected chi connectivity index (χ2v) is 5.28. The van der Waals surface area contributed by atoms with Crippen LogP contribution in [0.1, 0.15) is 29.9 Å². The molecule has 0 aliphatic rings. The van der Waals surface area contributed by atoms with Crippen LogP contribution in [-0.4, -0.2) is 13.7 Å². The van der Waals surface area contributed by atoms with Gasteiger partial charge in [-0.2, -0.15) is 0 Å². The van der Waals surface area contributed by atoms with Gasteiger partial charge >= 0.3 is 0 Å².